The number of pyridine rings is 1. The van der Waals surface area contributed by atoms with Crippen LogP contribution in [0.4, 0.5) is 0 Å². The Bertz CT molecular complexity index is 3520. The van der Waals surface area contributed by atoms with Crippen LogP contribution in [0.2, 0.25) is 0 Å². The Morgan fingerprint density at radius 1 is 0.485 bits per heavy atom. The van der Waals surface area contributed by atoms with Crippen molar-refractivity contribution in [2.75, 3.05) is 0 Å². The molecule has 0 saturated heterocycles. The molecule has 3 aliphatic carbocycles. The molecule has 1 heterocycles. The van der Waals surface area contributed by atoms with Crippen molar-refractivity contribution in [1.29, 1.82) is 0 Å². The summed E-state index contributed by atoms with van der Waals surface area (Å²) in [6.07, 6.45) is 9.15. The van der Waals surface area contributed by atoms with E-state index in [1.165, 1.54) is 77.7 Å². The summed E-state index contributed by atoms with van der Waals surface area (Å²) >= 11 is 0. The Labute approximate surface area is 388 Å². The van der Waals surface area contributed by atoms with E-state index < -0.39 is 0 Å². The molecule has 0 fully saturated rings. The average molecular weight is 846 g/mol. The van der Waals surface area contributed by atoms with Crippen molar-refractivity contribution in [2.45, 2.75) is 51.4 Å². The van der Waals surface area contributed by atoms with Crippen molar-refractivity contribution in [1.82, 2.24) is 4.98 Å². The van der Waals surface area contributed by atoms with Crippen molar-refractivity contribution < 1.29 is 0 Å². The molecule has 0 radical (unpaired) electrons. The second-order valence-electron chi connectivity index (χ2n) is 19.5. The highest BCUT2D eigenvalue weighted by atomic mass is 14.7. The van der Waals surface area contributed by atoms with Crippen molar-refractivity contribution in [2.24, 2.45) is 0 Å². The van der Waals surface area contributed by atoms with Crippen LogP contribution in [0.1, 0.15) is 79.5 Å². The number of hydrogen-bond acceptors (Lipinski definition) is 1. The van der Waals surface area contributed by atoms with Crippen molar-refractivity contribution in [3.05, 3.63) is 251 Å². The van der Waals surface area contributed by atoms with Crippen LogP contribution in [0.3, 0.4) is 0 Å². The maximum atomic E-state index is 5.66. The van der Waals surface area contributed by atoms with Gasteiger partial charge >= 0.3 is 0 Å². The van der Waals surface area contributed by atoms with Crippen LogP contribution in [0, 0.1) is 0 Å². The molecule has 3 aliphatic rings. The Morgan fingerprint density at radius 3 is 1.83 bits per heavy atom. The smallest absolute Gasteiger partial charge is 0.0794 e. The fraction of sp³-hybridized carbons (Fsp3) is 0.123. The molecule has 12 rings (SSSR count). The normalized spacial score (nSPS) is 15.0. The lowest BCUT2D eigenvalue weighted by atomic mass is 9.79. The van der Waals surface area contributed by atoms with Gasteiger partial charge in [-0.1, -0.05) is 204 Å². The molecule has 1 nitrogen and oxygen atoms in total. The SMILES string of the molecule is C=C(C=C(c1ccccc1)c1ccccc1)c1ccc(-c2cc3c(-c4ccc5c(c4)C(C)(C)C4=C5CCC=C4)cc(-c4ccc5c(c4)C(C)(C)c4ccccc4-5)nc3c3ccccc23)cc1. The number of aromatic nitrogens is 1. The lowest BCUT2D eigenvalue weighted by Crippen LogP contribution is -2.16. The maximum Gasteiger partial charge on any atom is 0.0794 e. The van der Waals surface area contributed by atoms with E-state index in [0.29, 0.717) is 0 Å². The predicted octanol–water partition coefficient (Wildman–Crippen LogP) is 17.2. The molecule has 0 atom stereocenters. The molecule has 9 aromatic rings. The highest BCUT2D eigenvalue weighted by Gasteiger charge is 2.38. The Hall–Kier alpha value is -7.61. The first-order chi connectivity index (χ1) is 32.1. The average Bonchev–Trinajstić information content (AvgIpc) is 3.74. The van der Waals surface area contributed by atoms with Gasteiger partial charge in [0, 0.05) is 27.2 Å². The Balaban J connectivity index is 1.02. The van der Waals surface area contributed by atoms with Gasteiger partial charge in [-0.15, -0.1) is 0 Å². The van der Waals surface area contributed by atoms with Crippen LogP contribution in [0.5, 0.6) is 0 Å². The molecule has 0 spiro atoms. The summed E-state index contributed by atoms with van der Waals surface area (Å²) in [5.41, 5.74) is 24.5. The number of hydrogen-bond donors (Lipinski definition) is 0. The lowest BCUT2D eigenvalue weighted by Gasteiger charge is -2.24. The minimum absolute atomic E-state index is 0.0778. The largest absolute Gasteiger partial charge is 0.247 e. The highest BCUT2D eigenvalue weighted by molar-refractivity contribution is 6.16. The van der Waals surface area contributed by atoms with Crippen LogP contribution in [0.25, 0.3) is 83.0 Å². The molecule has 0 N–H and O–H groups in total. The fourth-order valence-electron chi connectivity index (χ4n) is 11.4. The van der Waals surface area contributed by atoms with E-state index in [1.54, 1.807) is 0 Å². The summed E-state index contributed by atoms with van der Waals surface area (Å²) in [5.74, 6) is 0. The number of allylic oxidation sites excluding steroid dienone is 6. The second kappa shape index (κ2) is 15.3. The summed E-state index contributed by atoms with van der Waals surface area (Å²) in [4.78, 5) is 5.66. The van der Waals surface area contributed by atoms with Gasteiger partial charge in [0.1, 0.15) is 0 Å². The standard InChI is InChI=1S/C65H51N/c1-41(36-54(43-18-8-6-9-19-43)44-20-10-7-11-21-44)42-28-30-45(31-29-42)55-39-57-56(46-32-34-51-49-23-14-16-26-58(49)64(2,3)60(51)37-46)40-62(66-63(57)53-25-13-12-22-48(53)55)47-33-35-52-50-24-15-17-27-59(50)65(4,5)61(52)38-47/h6-13,15-22,24-40H,1,14,23H2,2-5H3. The molecule has 0 unspecified atom stereocenters. The molecule has 0 aliphatic heterocycles. The van der Waals surface area contributed by atoms with Gasteiger partial charge in [-0.2, -0.15) is 0 Å². The first kappa shape index (κ1) is 39.9. The number of rotatable bonds is 7. The molecule has 1 heteroatoms. The van der Waals surface area contributed by atoms with Crippen LogP contribution in [-0.2, 0) is 10.8 Å². The van der Waals surface area contributed by atoms with Gasteiger partial charge in [0.2, 0.25) is 0 Å². The van der Waals surface area contributed by atoms with Gasteiger partial charge in [-0.25, -0.2) is 4.98 Å². The van der Waals surface area contributed by atoms with Gasteiger partial charge in [0.05, 0.1) is 11.2 Å². The first-order valence-corrected chi connectivity index (χ1v) is 23.4. The van der Waals surface area contributed by atoms with Crippen LogP contribution in [-0.4, -0.2) is 4.98 Å². The molecule has 0 amide bonds. The zero-order valence-corrected chi connectivity index (χ0v) is 38.1. The van der Waals surface area contributed by atoms with Crippen molar-refractivity contribution in [3.63, 3.8) is 0 Å². The third kappa shape index (κ3) is 6.32. The maximum absolute atomic E-state index is 5.66. The fourth-order valence-corrected chi connectivity index (χ4v) is 11.4. The van der Waals surface area contributed by atoms with E-state index in [4.69, 9.17) is 4.98 Å². The zero-order valence-electron chi connectivity index (χ0n) is 38.1. The minimum atomic E-state index is -0.111. The monoisotopic (exact) mass is 845 g/mol. The molecule has 1 aromatic heterocycles. The van der Waals surface area contributed by atoms with E-state index in [1.807, 2.05) is 0 Å². The molecule has 0 bridgehead atoms. The summed E-state index contributed by atoms with van der Waals surface area (Å²) in [7, 11) is 0. The van der Waals surface area contributed by atoms with Crippen molar-refractivity contribution >= 4 is 38.4 Å². The molecular formula is C65H51N. The summed E-state index contributed by atoms with van der Waals surface area (Å²) in [5, 5.41) is 3.49. The predicted molar refractivity (Wildman–Crippen MR) is 280 cm³/mol. The Kier molecular flexibility index (Phi) is 9.23. The topological polar surface area (TPSA) is 12.9 Å². The minimum Gasteiger partial charge on any atom is -0.247 e. The molecule has 66 heavy (non-hydrogen) atoms. The van der Waals surface area contributed by atoms with Gasteiger partial charge < -0.3 is 0 Å². The van der Waals surface area contributed by atoms with Crippen LogP contribution >= 0.6 is 0 Å². The van der Waals surface area contributed by atoms with Crippen LogP contribution < -0.4 is 0 Å². The van der Waals surface area contributed by atoms with Gasteiger partial charge in [-0.3, -0.25) is 0 Å². The van der Waals surface area contributed by atoms with E-state index in [0.717, 1.165) is 62.7 Å². The van der Waals surface area contributed by atoms with E-state index in [9.17, 15) is 0 Å². The Morgan fingerprint density at radius 2 is 1.08 bits per heavy atom. The molecule has 8 aromatic carbocycles. The third-order valence-corrected chi connectivity index (χ3v) is 14.9. The zero-order chi connectivity index (χ0) is 44.7. The second-order valence-corrected chi connectivity index (χ2v) is 19.5. The van der Waals surface area contributed by atoms with Gasteiger partial charge in [0.25, 0.3) is 0 Å². The molecular weight excluding hydrogens is 795 g/mol. The summed E-state index contributed by atoms with van der Waals surface area (Å²) in [6, 6.07) is 66.9. The van der Waals surface area contributed by atoms with Crippen LogP contribution in [0.15, 0.2) is 212 Å². The van der Waals surface area contributed by atoms with E-state index >= 15 is 0 Å². The third-order valence-electron chi connectivity index (χ3n) is 14.9. The van der Waals surface area contributed by atoms with E-state index in [-0.39, 0.29) is 10.8 Å². The highest BCUT2D eigenvalue weighted by Crippen LogP contribution is 2.53. The number of nitrogens with zero attached hydrogens (tertiary/aromatic N) is 1. The molecule has 316 valence electrons. The number of benzene rings is 8. The van der Waals surface area contributed by atoms with Crippen molar-refractivity contribution in [3.8, 4) is 44.6 Å². The van der Waals surface area contributed by atoms with Gasteiger partial charge in [-0.05, 0) is 143 Å². The molecule has 0 saturated carbocycles. The number of fused-ring (bicyclic) bond motifs is 8. The quantitative estimate of drug-likeness (QED) is 0.115. The first-order valence-electron chi connectivity index (χ1n) is 23.4. The van der Waals surface area contributed by atoms with Gasteiger partial charge in [0.15, 0.2) is 0 Å². The lowest BCUT2D eigenvalue weighted by molar-refractivity contribution is 0.651. The summed E-state index contributed by atoms with van der Waals surface area (Å²) in [6.45, 7) is 14.1. The summed E-state index contributed by atoms with van der Waals surface area (Å²) < 4.78 is 0. The van der Waals surface area contributed by atoms with E-state index in [2.05, 4.69) is 234 Å².